The molecule has 0 N–H and O–H groups in total. The van der Waals surface area contributed by atoms with Crippen molar-refractivity contribution in [1.29, 1.82) is 0 Å². The number of carbonyl (C=O) groups is 2. The number of rotatable bonds is 5. The Kier molecular flexibility index (Phi) is 4.03. The molecule has 2 atom stereocenters. The van der Waals surface area contributed by atoms with Crippen molar-refractivity contribution in [1.82, 2.24) is 0 Å². The molecule has 0 aliphatic heterocycles. The summed E-state index contributed by atoms with van der Waals surface area (Å²) in [5, 5.41) is 0. The summed E-state index contributed by atoms with van der Waals surface area (Å²) < 4.78 is 30.7. The van der Waals surface area contributed by atoms with Crippen molar-refractivity contribution in [2.24, 2.45) is 11.8 Å². The zero-order chi connectivity index (χ0) is 12.3. The summed E-state index contributed by atoms with van der Waals surface area (Å²) in [6.45, 7) is 1.63. The van der Waals surface area contributed by atoms with Gasteiger partial charge >= 0.3 is 5.97 Å². The molecule has 1 fully saturated rings. The fraction of sp³-hybridized carbons (Fsp3) is 0.778. The maximum Gasteiger partial charge on any atom is 0.310 e. The standard InChI is InChI=1S/C9H14O6S/c1-3-14-9(11)6-4-8(10)7(6)5-15-16(2,12)13/h6-7H,3-5H2,1-2H3. The average molecular weight is 250 g/mol. The van der Waals surface area contributed by atoms with Gasteiger partial charge in [-0.2, -0.15) is 8.42 Å². The third-order valence-electron chi connectivity index (χ3n) is 2.37. The van der Waals surface area contributed by atoms with Crippen molar-refractivity contribution < 1.29 is 26.9 Å². The van der Waals surface area contributed by atoms with Crippen molar-refractivity contribution in [3.05, 3.63) is 0 Å². The van der Waals surface area contributed by atoms with Crippen LogP contribution in [0, 0.1) is 11.8 Å². The van der Waals surface area contributed by atoms with E-state index in [0.717, 1.165) is 6.26 Å². The van der Waals surface area contributed by atoms with Gasteiger partial charge in [0.15, 0.2) is 0 Å². The second-order valence-electron chi connectivity index (χ2n) is 3.62. The number of hydrogen-bond acceptors (Lipinski definition) is 6. The topological polar surface area (TPSA) is 86.7 Å². The van der Waals surface area contributed by atoms with Gasteiger partial charge in [0.2, 0.25) is 0 Å². The van der Waals surface area contributed by atoms with E-state index in [9.17, 15) is 18.0 Å². The van der Waals surface area contributed by atoms with Crippen LogP contribution in [0.4, 0.5) is 0 Å². The zero-order valence-corrected chi connectivity index (χ0v) is 9.95. The van der Waals surface area contributed by atoms with Crippen LogP contribution in [0.25, 0.3) is 0 Å². The Morgan fingerprint density at radius 2 is 2.12 bits per heavy atom. The lowest BCUT2D eigenvalue weighted by Crippen LogP contribution is -2.45. The van der Waals surface area contributed by atoms with E-state index in [1.54, 1.807) is 6.92 Å². The minimum absolute atomic E-state index is 0.108. The van der Waals surface area contributed by atoms with Gasteiger partial charge in [-0.3, -0.25) is 13.8 Å². The molecule has 0 radical (unpaired) electrons. The third kappa shape index (κ3) is 3.28. The molecular formula is C9H14O6S. The number of ether oxygens (including phenoxy) is 1. The van der Waals surface area contributed by atoms with Gasteiger partial charge < -0.3 is 4.74 Å². The maximum absolute atomic E-state index is 11.3. The first kappa shape index (κ1) is 13.1. The highest BCUT2D eigenvalue weighted by atomic mass is 32.2. The number of hydrogen-bond donors (Lipinski definition) is 0. The number of Topliss-reactive ketones (excluding diaryl/α,β-unsaturated/α-hetero) is 1. The van der Waals surface area contributed by atoms with Crippen LogP contribution in [0.2, 0.25) is 0 Å². The largest absolute Gasteiger partial charge is 0.466 e. The molecule has 6 nitrogen and oxygen atoms in total. The molecule has 2 unspecified atom stereocenters. The Balaban J connectivity index is 2.51. The lowest BCUT2D eigenvalue weighted by molar-refractivity contribution is -0.161. The molecule has 0 aromatic heterocycles. The summed E-state index contributed by atoms with van der Waals surface area (Å²) in [5.74, 6) is -1.88. The SMILES string of the molecule is CCOC(=O)C1CC(=O)C1COS(C)(=O)=O. The predicted octanol–water partition coefficient (Wildman–Crippen LogP) is -0.269. The number of esters is 1. The molecule has 1 saturated carbocycles. The van der Waals surface area contributed by atoms with E-state index >= 15 is 0 Å². The molecule has 1 aliphatic carbocycles. The average Bonchev–Trinajstić information content (AvgIpc) is 2.12. The van der Waals surface area contributed by atoms with Crippen LogP contribution in [-0.4, -0.2) is 39.6 Å². The highest BCUT2D eigenvalue weighted by Gasteiger charge is 2.45. The summed E-state index contributed by atoms with van der Waals surface area (Å²) in [7, 11) is -3.58. The van der Waals surface area contributed by atoms with Crippen molar-refractivity contribution in [3.63, 3.8) is 0 Å². The fourth-order valence-corrected chi connectivity index (χ4v) is 1.87. The molecule has 7 heteroatoms. The van der Waals surface area contributed by atoms with Gasteiger partial charge in [0.05, 0.1) is 31.3 Å². The van der Waals surface area contributed by atoms with Gasteiger partial charge in [0, 0.05) is 6.42 Å². The van der Waals surface area contributed by atoms with Crippen LogP contribution < -0.4 is 0 Å². The van der Waals surface area contributed by atoms with E-state index in [0.29, 0.717) is 0 Å². The highest BCUT2D eigenvalue weighted by Crippen LogP contribution is 2.32. The van der Waals surface area contributed by atoms with Gasteiger partial charge in [-0.15, -0.1) is 0 Å². The fourth-order valence-electron chi connectivity index (χ4n) is 1.48. The molecule has 0 aromatic carbocycles. The predicted molar refractivity (Wildman–Crippen MR) is 54.0 cm³/mol. The Bertz CT molecular complexity index is 385. The van der Waals surface area contributed by atoms with Crippen molar-refractivity contribution in [2.75, 3.05) is 19.5 Å². The van der Waals surface area contributed by atoms with E-state index in [1.165, 1.54) is 0 Å². The van der Waals surface area contributed by atoms with Gasteiger partial charge in [0.25, 0.3) is 10.1 Å². The number of carbonyl (C=O) groups excluding carboxylic acids is 2. The molecule has 0 bridgehead atoms. The van der Waals surface area contributed by atoms with Crippen LogP contribution in [0.15, 0.2) is 0 Å². The van der Waals surface area contributed by atoms with Crippen LogP contribution in [0.1, 0.15) is 13.3 Å². The van der Waals surface area contributed by atoms with E-state index in [2.05, 4.69) is 4.18 Å². The lowest BCUT2D eigenvalue weighted by atomic mass is 9.73. The monoisotopic (exact) mass is 250 g/mol. The lowest BCUT2D eigenvalue weighted by Gasteiger charge is -2.32. The molecule has 92 valence electrons. The van der Waals surface area contributed by atoms with E-state index in [1.807, 2.05) is 0 Å². The quantitative estimate of drug-likeness (QED) is 0.493. The van der Waals surface area contributed by atoms with Gasteiger partial charge in [0.1, 0.15) is 5.78 Å². The molecule has 0 heterocycles. The first-order valence-electron chi connectivity index (χ1n) is 4.89. The molecule has 0 saturated heterocycles. The van der Waals surface area contributed by atoms with Crippen molar-refractivity contribution in [3.8, 4) is 0 Å². The molecule has 1 rings (SSSR count). The first-order valence-corrected chi connectivity index (χ1v) is 6.70. The second kappa shape index (κ2) is 4.92. The van der Waals surface area contributed by atoms with Crippen LogP contribution in [0.5, 0.6) is 0 Å². The van der Waals surface area contributed by atoms with E-state index in [4.69, 9.17) is 4.74 Å². The highest BCUT2D eigenvalue weighted by molar-refractivity contribution is 7.85. The van der Waals surface area contributed by atoms with E-state index < -0.39 is 27.9 Å². The molecule has 0 spiro atoms. The smallest absolute Gasteiger partial charge is 0.310 e. The summed E-state index contributed by atoms with van der Waals surface area (Å²) in [4.78, 5) is 22.5. The zero-order valence-electron chi connectivity index (χ0n) is 9.13. The minimum atomic E-state index is -3.58. The molecular weight excluding hydrogens is 236 g/mol. The molecule has 1 aliphatic rings. The van der Waals surface area contributed by atoms with Gasteiger partial charge in [-0.1, -0.05) is 0 Å². The minimum Gasteiger partial charge on any atom is -0.466 e. The normalized spacial score (nSPS) is 25.0. The summed E-state index contributed by atoms with van der Waals surface area (Å²) in [6.07, 6.45) is 1.01. The van der Waals surface area contributed by atoms with Crippen LogP contribution in [-0.2, 0) is 28.6 Å². The van der Waals surface area contributed by atoms with Crippen LogP contribution in [0.3, 0.4) is 0 Å². The summed E-state index contributed by atoms with van der Waals surface area (Å²) >= 11 is 0. The summed E-state index contributed by atoms with van der Waals surface area (Å²) in [5.41, 5.74) is 0. The summed E-state index contributed by atoms with van der Waals surface area (Å²) in [6, 6.07) is 0. The van der Waals surface area contributed by atoms with Crippen molar-refractivity contribution in [2.45, 2.75) is 13.3 Å². The Labute approximate surface area is 94.0 Å². The van der Waals surface area contributed by atoms with Crippen LogP contribution >= 0.6 is 0 Å². The van der Waals surface area contributed by atoms with Gasteiger partial charge in [-0.05, 0) is 6.92 Å². The number of ketones is 1. The third-order valence-corrected chi connectivity index (χ3v) is 2.94. The molecule has 0 amide bonds. The van der Waals surface area contributed by atoms with E-state index in [-0.39, 0.29) is 25.4 Å². The van der Waals surface area contributed by atoms with Crippen molar-refractivity contribution >= 4 is 21.9 Å². The Hall–Kier alpha value is -0.950. The second-order valence-corrected chi connectivity index (χ2v) is 5.27. The maximum atomic E-state index is 11.3. The molecule has 0 aromatic rings. The first-order chi connectivity index (χ1) is 7.35. The van der Waals surface area contributed by atoms with Gasteiger partial charge in [-0.25, -0.2) is 0 Å². The Morgan fingerprint density at radius 1 is 1.50 bits per heavy atom. The molecule has 16 heavy (non-hydrogen) atoms. The Morgan fingerprint density at radius 3 is 2.56 bits per heavy atom.